The molecule has 1 aliphatic heterocycles. The largest absolute Gasteiger partial charge is 0.484 e. The van der Waals surface area contributed by atoms with Gasteiger partial charge in [0, 0.05) is 44.7 Å². The minimum atomic E-state index is -0.350. The predicted molar refractivity (Wildman–Crippen MR) is 113 cm³/mol. The number of aromatic nitrogens is 1. The van der Waals surface area contributed by atoms with E-state index in [2.05, 4.69) is 4.98 Å². The lowest BCUT2D eigenvalue weighted by Gasteiger charge is -2.18. The molecular formula is C22H22FN3O3S. The molecule has 6 nitrogen and oxygen atoms in total. The van der Waals surface area contributed by atoms with Crippen LogP contribution >= 0.6 is 11.3 Å². The Morgan fingerprint density at radius 2 is 2.03 bits per heavy atom. The molecule has 156 valence electrons. The summed E-state index contributed by atoms with van der Waals surface area (Å²) in [5.41, 5.74) is 0.983. The zero-order chi connectivity index (χ0) is 21.3. The molecule has 4 rings (SSSR count). The van der Waals surface area contributed by atoms with Crippen LogP contribution in [0.15, 0.2) is 42.6 Å². The van der Waals surface area contributed by atoms with Crippen molar-refractivity contribution < 1.29 is 18.7 Å². The van der Waals surface area contributed by atoms with E-state index in [1.807, 2.05) is 12.1 Å². The number of fused-ring (bicyclic) bond motifs is 1. The van der Waals surface area contributed by atoms with E-state index in [0.717, 1.165) is 22.2 Å². The maximum absolute atomic E-state index is 13.0. The number of benzene rings is 1. The van der Waals surface area contributed by atoms with E-state index in [9.17, 15) is 14.0 Å². The predicted octanol–water partition coefficient (Wildman–Crippen LogP) is 3.53. The zero-order valence-electron chi connectivity index (χ0n) is 16.8. The Morgan fingerprint density at radius 1 is 1.27 bits per heavy atom. The van der Waals surface area contributed by atoms with Crippen LogP contribution in [0.3, 0.4) is 0 Å². The zero-order valence-corrected chi connectivity index (χ0v) is 17.6. The average Bonchev–Trinajstić information content (AvgIpc) is 3.37. The summed E-state index contributed by atoms with van der Waals surface area (Å²) in [6.07, 6.45) is 2.50. The van der Waals surface area contributed by atoms with Gasteiger partial charge < -0.3 is 14.5 Å². The second-order valence-corrected chi connectivity index (χ2v) is 8.47. The van der Waals surface area contributed by atoms with Gasteiger partial charge in [0.25, 0.3) is 11.8 Å². The van der Waals surface area contributed by atoms with Crippen LogP contribution in [0.25, 0.3) is 10.2 Å². The van der Waals surface area contributed by atoms with Crippen LogP contribution in [0.4, 0.5) is 4.39 Å². The smallest absolute Gasteiger partial charge is 0.263 e. The van der Waals surface area contributed by atoms with E-state index in [1.165, 1.54) is 35.6 Å². The molecule has 0 N–H and O–H groups in total. The highest BCUT2D eigenvalue weighted by Gasteiger charge is 2.33. The molecule has 0 bridgehead atoms. The van der Waals surface area contributed by atoms with Gasteiger partial charge in [-0.05, 0) is 42.3 Å². The number of likely N-dealkylation sites (tertiary alicyclic amines) is 1. The van der Waals surface area contributed by atoms with Crippen molar-refractivity contribution in [1.29, 1.82) is 0 Å². The molecule has 3 aromatic rings. The number of pyridine rings is 1. The van der Waals surface area contributed by atoms with Gasteiger partial charge in [0.1, 0.15) is 16.4 Å². The summed E-state index contributed by atoms with van der Waals surface area (Å²) in [5, 5.41) is 0.981. The third-order valence-electron chi connectivity index (χ3n) is 5.23. The van der Waals surface area contributed by atoms with Crippen molar-refractivity contribution in [3.8, 4) is 5.75 Å². The molecular weight excluding hydrogens is 405 g/mol. The van der Waals surface area contributed by atoms with Gasteiger partial charge in [-0.3, -0.25) is 9.59 Å². The fraction of sp³-hybridized carbons (Fsp3) is 0.318. The number of amides is 2. The molecule has 0 aliphatic carbocycles. The van der Waals surface area contributed by atoms with Crippen LogP contribution < -0.4 is 4.74 Å². The summed E-state index contributed by atoms with van der Waals surface area (Å²) in [4.78, 5) is 34.7. The third kappa shape index (κ3) is 4.00. The SMILES string of the molecule is CN(C)C(=O)c1sc2ncccc2c1[C@H]1CCN(C(=O)COc2ccc(F)cc2)C1. The Kier molecular flexibility index (Phi) is 5.67. The maximum Gasteiger partial charge on any atom is 0.263 e. The first-order chi connectivity index (χ1) is 14.4. The number of ether oxygens (including phenoxy) is 1. The monoisotopic (exact) mass is 427 g/mol. The summed E-state index contributed by atoms with van der Waals surface area (Å²) in [5.74, 6) is -0.0000982. The van der Waals surface area contributed by atoms with E-state index in [0.29, 0.717) is 23.7 Å². The van der Waals surface area contributed by atoms with Crippen molar-refractivity contribution in [2.45, 2.75) is 12.3 Å². The molecule has 30 heavy (non-hydrogen) atoms. The molecule has 8 heteroatoms. The molecule has 2 aromatic heterocycles. The van der Waals surface area contributed by atoms with Crippen molar-refractivity contribution in [2.75, 3.05) is 33.8 Å². The van der Waals surface area contributed by atoms with Crippen LogP contribution in [0.2, 0.25) is 0 Å². The molecule has 2 amide bonds. The quantitative estimate of drug-likeness (QED) is 0.625. The van der Waals surface area contributed by atoms with Crippen molar-refractivity contribution >= 4 is 33.4 Å². The summed E-state index contributed by atoms with van der Waals surface area (Å²) < 4.78 is 18.5. The van der Waals surface area contributed by atoms with Gasteiger partial charge in [-0.15, -0.1) is 11.3 Å². The Balaban J connectivity index is 1.50. The van der Waals surface area contributed by atoms with Gasteiger partial charge in [0.2, 0.25) is 0 Å². The van der Waals surface area contributed by atoms with Crippen LogP contribution in [-0.2, 0) is 4.79 Å². The fourth-order valence-electron chi connectivity index (χ4n) is 3.71. The highest BCUT2D eigenvalue weighted by Crippen LogP contribution is 2.39. The number of carbonyl (C=O) groups is 2. The normalized spacial score (nSPS) is 16.1. The lowest BCUT2D eigenvalue weighted by atomic mass is 9.95. The van der Waals surface area contributed by atoms with E-state index in [1.54, 1.807) is 30.1 Å². The van der Waals surface area contributed by atoms with Gasteiger partial charge in [0.05, 0.1) is 4.88 Å². The summed E-state index contributed by atoms with van der Waals surface area (Å²) in [6, 6.07) is 9.45. The van der Waals surface area contributed by atoms with Crippen LogP contribution in [-0.4, -0.2) is 60.4 Å². The van der Waals surface area contributed by atoms with Crippen molar-refractivity contribution in [1.82, 2.24) is 14.8 Å². The molecule has 3 heterocycles. The van der Waals surface area contributed by atoms with E-state index in [-0.39, 0.29) is 30.2 Å². The third-order valence-corrected chi connectivity index (χ3v) is 6.35. The Labute approximate surface area is 177 Å². The van der Waals surface area contributed by atoms with E-state index < -0.39 is 0 Å². The Bertz CT molecular complexity index is 1080. The number of hydrogen-bond donors (Lipinski definition) is 0. The number of halogens is 1. The van der Waals surface area contributed by atoms with Crippen molar-refractivity contribution in [2.24, 2.45) is 0 Å². The highest BCUT2D eigenvalue weighted by atomic mass is 32.1. The molecule has 1 fully saturated rings. The Morgan fingerprint density at radius 3 is 2.77 bits per heavy atom. The minimum absolute atomic E-state index is 0.0441. The molecule has 0 unspecified atom stereocenters. The first-order valence-corrected chi connectivity index (χ1v) is 10.5. The number of hydrogen-bond acceptors (Lipinski definition) is 5. The standard InChI is InChI=1S/C22H22FN3O3S/c1-25(2)22(28)20-19(17-4-3-10-24-21(17)30-20)14-9-11-26(12-14)18(27)13-29-16-7-5-15(23)6-8-16/h3-8,10,14H,9,11-13H2,1-2H3/t14-/m0/s1. The topological polar surface area (TPSA) is 62.7 Å². The van der Waals surface area contributed by atoms with Crippen LogP contribution in [0.1, 0.15) is 27.6 Å². The van der Waals surface area contributed by atoms with Gasteiger partial charge in [-0.1, -0.05) is 6.07 Å². The number of carbonyl (C=O) groups excluding carboxylic acids is 2. The summed E-state index contributed by atoms with van der Waals surface area (Å²) in [6.45, 7) is 1.03. The van der Waals surface area contributed by atoms with Crippen molar-refractivity contribution in [3.63, 3.8) is 0 Å². The molecule has 0 radical (unpaired) electrons. The molecule has 1 aromatic carbocycles. The second-order valence-electron chi connectivity index (χ2n) is 7.47. The fourth-order valence-corrected chi connectivity index (χ4v) is 4.96. The van der Waals surface area contributed by atoms with Crippen molar-refractivity contribution in [3.05, 3.63) is 58.9 Å². The van der Waals surface area contributed by atoms with Gasteiger partial charge in [-0.25, -0.2) is 9.37 Å². The highest BCUT2D eigenvalue weighted by molar-refractivity contribution is 7.20. The van der Waals surface area contributed by atoms with Gasteiger partial charge in [-0.2, -0.15) is 0 Å². The minimum Gasteiger partial charge on any atom is -0.484 e. The number of nitrogens with zero attached hydrogens (tertiary/aromatic N) is 3. The molecule has 0 spiro atoms. The second kappa shape index (κ2) is 8.39. The summed E-state index contributed by atoms with van der Waals surface area (Å²) >= 11 is 1.40. The number of thiophene rings is 1. The van der Waals surface area contributed by atoms with Gasteiger partial charge in [0.15, 0.2) is 6.61 Å². The van der Waals surface area contributed by atoms with Gasteiger partial charge >= 0.3 is 0 Å². The average molecular weight is 428 g/mol. The molecule has 0 saturated carbocycles. The van der Waals surface area contributed by atoms with E-state index >= 15 is 0 Å². The van der Waals surface area contributed by atoms with E-state index in [4.69, 9.17) is 4.74 Å². The molecule has 1 aliphatic rings. The lowest BCUT2D eigenvalue weighted by molar-refractivity contribution is -0.132. The van der Waals surface area contributed by atoms with Crippen LogP contribution in [0.5, 0.6) is 5.75 Å². The Hall–Kier alpha value is -3.00. The van der Waals surface area contributed by atoms with Crippen LogP contribution in [0, 0.1) is 5.82 Å². The first kappa shape index (κ1) is 20.3. The number of rotatable bonds is 5. The lowest BCUT2D eigenvalue weighted by Crippen LogP contribution is -2.33. The maximum atomic E-state index is 13.0. The summed E-state index contributed by atoms with van der Waals surface area (Å²) in [7, 11) is 3.47. The first-order valence-electron chi connectivity index (χ1n) is 9.69. The molecule has 1 atom stereocenters. The molecule has 1 saturated heterocycles.